The Morgan fingerprint density at radius 3 is 2.65 bits per heavy atom. The highest BCUT2D eigenvalue weighted by molar-refractivity contribution is 5.87. The number of benzene rings is 1. The van der Waals surface area contributed by atoms with Crippen LogP contribution in [0.15, 0.2) is 36.9 Å². The first-order chi connectivity index (χ1) is 12.5. The third-order valence-electron chi connectivity index (χ3n) is 3.78. The van der Waals surface area contributed by atoms with E-state index in [1.807, 2.05) is 31.2 Å². The minimum Gasteiger partial charge on any atom is -0.331 e. The van der Waals surface area contributed by atoms with E-state index in [2.05, 4.69) is 49.7 Å². The molecule has 3 rings (SSSR count). The molecule has 0 spiro atoms. The van der Waals surface area contributed by atoms with E-state index in [1.165, 1.54) is 6.33 Å². The Morgan fingerprint density at radius 1 is 1.23 bits per heavy atom. The van der Waals surface area contributed by atoms with E-state index in [1.54, 1.807) is 11.0 Å². The number of rotatable bonds is 6. The maximum atomic E-state index is 12.1. The summed E-state index contributed by atoms with van der Waals surface area (Å²) in [7, 11) is 0. The molecule has 136 valence electrons. The predicted octanol–water partition coefficient (Wildman–Crippen LogP) is 2.47. The van der Waals surface area contributed by atoms with Crippen molar-refractivity contribution in [3.8, 4) is 5.69 Å². The van der Waals surface area contributed by atoms with Crippen LogP contribution in [0.25, 0.3) is 5.69 Å². The van der Waals surface area contributed by atoms with Crippen molar-refractivity contribution >= 4 is 12.0 Å². The number of urea groups is 1. The van der Waals surface area contributed by atoms with Crippen LogP contribution in [0.5, 0.6) is 0 Å². The van der Waals surface area contributed by atoms with E-state index in [9.17, 15) is 4.79 Å². The van der Waals surface area contributed by atoms with Gasteiger partial charge in [-0.1, -0.05) is 26.0 Å². The Labute approximate surface area is 151 Å². The molecule has 1 aromatic carbocycles. The molecule has 2 amide bonds. The smallest absolute Gasteiger partial charge is 0.322 e. The van der Waals surface area contributed by atoms with Crippen molar-refractivity contribution < 1.29 is 4.79 Å². The second-order valence-corrected chi connectivity index (χ2v) is 6.46. The van der Waals surface area contributed by atoms with Gasteiger partial charge in [-0.3, -0.25) is 10.4 Å². The largest absolute Gasteiger partial charge is 0.331 e. The molecule has 0 aliphatic rings. The predicted molar refractivity (Wildman–Crippen MR) is 96.9 cm³/mol. The zero-order chi connectivity index (χ0) is 18.5. The maximum Gasteiger partial charge on any atom is 0.322 e. The van der Waals surface area contributed by atoms with Crippen LogP contribution >= 0.6 is 0 Å². The normalized spacial score (nSPS) is 12.2. The Bertz CT molecular complexity index is 838. The Hall–Kier alpha value is -3.23. The fourth-order valence-corrected chi connectivity index (χ4v) is 2.50. The molecule has 0 radical (unpaired) electrons. The van der Waals surface area contributed by atoms with E-state index in [-0.39, 0.29) is 18.0 Å². The number of H-pyrrole nitrogens is 1. The van der Waals surface area contributed by atoms with Crippen molar-refractivity contribution in [3.05, 3.63) is 48.3 Å². The topological polar surface area (TPSA) is 113 Å². The molecule has 9 heteroatoms. The summed E-state index contributed by atoms with van der Waals surface area (Å²) in [5.74, 6) is 1.49. The highest BCUT2D eigenvalue weighted by atomic mass is 16.2. The van der Waals surface area contributed by atoms with E-state index in [0.29, 0.717) is 5.92 Å². The molecule has 0 saturated carbocycles. The van der Waals surface area contributed by atoms with Gasteiger partial charge in [0, 0.05) is 6.42 Å². The lowest BCUT2D eigenvalue weighted by Gasteiger charge is -2.14. The second kappa shape index (κ2) is 7.77. The fourth-order valence-electron chi connectivity index (χ4n) is 2.50. The average molecular weight is 354 g/mol. The molecule has 0 bridgehead atoms. The van der Waals surface area contributed by atoms with Crippen LogP contribution in [0.3, 0.4) is 0 Å². The third-order valence-corrected chi connectivity index (χ3v) is 3.78. The van der Waals surface area contributed by atoms with Crippen LogP contribution in [-0.4, -0.2) is 36.0 Å². The first-order valence-electron chi connectivity index (χ1n) is 8.45. The molecule has 2 aromatic heterocycles. The summed E-state index contributed by atoms with van der Waals surface area (Å²) in [6.07, 6.45) is 3.90. The highest BCUT2D eigenvalue weighted by Gasteiger charge is 2.12. The Kier molecular flexibility index (Phi) is 5.26. The number of hydrogen-bond donors (Lipinski definition) is 3. The van der Waals surface area contributed by atoms with E-state index < -0.39 is 0 Å². The van der Waals surface area contributed by atoms with Gasteiger partial charge in [0.25, 0.3) is 0 Å². The van der Waals surface area contributed by atoms with Gasteiger partial charge in [-0.2, -0.15) is 10.1 Å². The molecule has 0 fully saturated rings. The lowest BCUT2D eigenvalue weighted by atomic mass is 10.1. The van der Waals surface area contributed by atoms with Crippen molar-refractivity contribution in [1.82, 2.24) is 35.3 Å². The fraction of sp³-hybridized carbons (Fsp3) is 0.353. The molecule has 0 saturated heterocycles. The van der Waals surface area contributed by atoms with Gasteiger partial charge in [0.1, 0.15) is 18.5 Å². The number of anilines is 1. The first kappa shape index (κ1) is 17.6. The number of aromatic amines is 1. The summed E-state index contributed by atoms with van der Waals surface area (Å²) < 4.78 is 1.67. The van der Waals surface area contributed by atoms with Crippen molar-refractivity contribution in [2.45, 2.75) is 33.2 Å². The molecule has 0 aliphatic carbocycles. The molecule has 3 aromatic rings. The molecular formula is C17H22N8O. The molecule has 3 N–H and O–H groups in total. The number of nitrogens with zero attached hydrogens (tertiary/aromatic N) is 5. The molecule has 1 atom stereocenters. The van der Waals surface area contributed by atoms with E-state index >= 15 is 0 Å². The zero-order valence-corrected chi connectivity index (χ0v) is 15.0. The van der Waals surface area contributed by atoms with E-state index in [0.717, 1.165) is 23.5 Å². The molecule has 26 heavy (non-hydrogen) atoms. The van der Waals surface area contributed by atoms with E-state index in [4.69, 9.17) is 0 Å². The standard InChI is InChI=1S/C17H22N8O/c1-11(2)8-15-21-16(24-23-15)22-17(26)20-12(3)13-4-6-14(7-5-13)25-10-18-9-19-25/h4-7,9-12H,8H2,1-3H3,(H3,20,21,22,23,24,26). The van der Waals surface area contributed by atoms with Crippen LogP contribution in [0, 0.1) is 5.92 Å². The van der Waals surface area contributed by atoms with Crippen LogP contribution in [0.4, 0.5) is 10.7 Å². The summed E-state index contributed by atoms with van der Waals surface area (Å²) in [4.78, 5) is 20.3. The van der Waals surface area contributed by atoms with Crippen LogP contribution in [0.2, 0.25) is 0 Å². The molecule has 0 aliphatic heterocycles. The number of nitrogens with one attached hydrogen (secondary N) is 3. The maximum absolute atomic E-state index is 12.1. The van der Waals surface area contributed by atoms with Crippen LogP contribution in [-0.2, 0) is 6.42 Å². The minimum atomic E-state index is -0.354. The van der Waals surface area contributed by atoms with Gasteiger partial charge in [-0.15, -0.1) is 5.10 Å². The SMILES string of the molecule is CC(C)Cc1nc(NC(=O)NC(C)c2ccc(-n3cncn3)cc2)n[nH]1. The first-order valence-corrected chi connectivity index (χ1v) is 8.45. The molecular weight excluding hydrogens is 332 g/mol. The van der Waals surface area contributed by atoms with Crippen LogP contribution < -0.4 is 10.6 Å². The summed E-state index contributed by atoms with van der Waals surface area (Å²) in [6.45, 7) is 6.10. The zero-order valence-electron chi connectivity index (χ0n) is 15.0. The van der Waals surface area contributed by atoms with Crippen molar-refractivity contribution in [2.75, 3.05) is 5.32 Å². The van der Waals surface area contributed by atoms with Gasteiger partial charge < -0.3 is 5.32 Å². The van der Waals surface area contributed by atoms with Crippen molar-refractivity contribution in [2.24, 2.45) is 5.92 Å². The monoisotopic (exact) mass is 354 g/mol. The Morgan fingerprint density at radius 2 is 2.00 bits per heavy atom. The lowest BCUT2D eigenvalue weighted by molar-refractivity contribution is 0.249. The number of amides is 2. The number of aromatic nitrogens is 6. The molecule has 9 nitrogen and oxygen atoms in total. The van der Waals surface area contributed by atoms with Crippen molar-refractivity contribution in [1.29, 1.82) is 0 Å². The summed E-state index contributed by atoms with van der Waals surface area (Å²) in [5, 5.41) is 16.4. The van der Waals surface area contributed by atoms with Gasteiger partial charge in [0.2, 0.25) is 5.95 Å². The van der Waals surface area contributed by atoms with Crippen LogP contribution in [0.1, 0.15) is 38.2 Å². The minimum absolute atomic E-state index is 0.172. The third kappa shape index (κ3) is 4.44. The average Bonchev–Trinajstić information content (AvgIpc) is 3.26. The summed E-state index contributed by atoms with van der Waals surface area (Å²) in [6, 6.07) is 7.20. The van der Waals surface area contributed by atoms with Gasteiger partial charge in [-0.05, 0) is 30.5 Å². The molecule has 1 unspecified atom stereocenters. The summed E-state index contributed by atoms with van der Waals surface area (Å²) in [5.41, 5.74) is 1.88. The number of hydrogen-bond acceptors (Lipinski definition) is 5. The number of carbonyl (C=O) groups excluding carboxylic acids is 1. The number of carbonyl (C=O) groups is 1. The van der Waals surface area contributed by atoms with Gasteiger partial charge in [0.15, 0.2) is 0 Å². The Balaban J connectivity index is 1.56. The summed E-state index contributed by atoms with van der Waals surface area (Å²) >= 11 is 0. The van der Waals surface area contributed by atoms with Gasteiger partial charge in [-0.25, -0.2) is 14.5 Å². The lowest BCUT2D eigenvalue weighted by Crippen LogP contribution is -2.31. The van der Waals surface area contributed by atoms with Crippen molar-refractivity contribution in [3.63, 3.8) is 0 Å². The second-order valence-electron chi connectivity index (χ2n) is 6.46. The van der Waals surface area contributed by atoms with Gasteiger partial charge in [0.05, 0.1) is 11.7 Å². The quantitative estimate of drug-likeness (QED) is 0.629. The molecule has 2 heterocycles. The highest BCUT2D eigenvalue weighted by Crippen LogP contribution is 2.15. The van der Waals surface area contributed by atoms with Gasteiger partial charge >= 0.3 is 6.03 Å².